The van der Waals surface area contributed by atoms with Crippen LogP contribution in [0.3, 0.4) is 0 Å². The smallest absolute Gasteiger partial charge is 0.159 e. The fourth-order valence-corrected chi connectivity index (χ4v) is 5.10. The lowest BCUT2D eigenvalue weighted by molar-refractivity contribution is 0.331. The van der Waals surface area contributed by atoms with Crippen LogP contribution in [0.4, 0.5) is 4.39 Å². The first-order chi connectivity index (χ1) is 18.2. The fourth-order valence-electron chi connectivity index (χ4n) is 5.10. The van der Waals surface area contributed by atoms with Crippen LogP contribution in [0, 0.1) is 5.82 Å². The molecule has 6 heterocycles. The van der Waals surface area contributed by atoms with Gasteiger partial charge in [0, 0.05) is 53.9 Å². The normalized spacial score (nSPS) is 14.2. The Morgan fingerprint density at radius 1 is 0.919 bits per heavy atom. The Morgan fingerprint density at radius 3 is 2.70 bits per heavy atom. The molecule has 1 fully saturated rings. The Labute approximate surface area is 211 Å². The Bertz CT molecular complexity index is 1730. The van der Waals surface area contributed by atoms with Gasteiger partial charge in [0.15, 0.2) is 5.82 Å². The molecule has 1 aromatic carbocycles. The van der Waals surface area contributed by atoms with Gasteiger partial charge in [-0.1, -0.05) is 6.07 Å². The maximum atomic E-state index is 15.2. The van der Waals surface area contributed by atoms with Gasteiger partial charge in [0.2, 0.25) is 0 Å². The zero-order valence-corrected chi connectivity index (χ0v) is 19.9. The zero-order valence-electron chi connectivity index (χ0n) is 19.9. The number of halogens is 1. The van der Waals surface area contributed by atoms with Crippen molar-refractivity contribution in [2.45, 2.75) is 19.4 Å². The van der Waals surface area contributed by atoms with Crippen LogP contribution in [0.25, 0.3) is 56.0 Å². The third kappa shape index (κ3) is 3.93. The van der Waals surface area contributed by atoms with Gasteiger partial charge in [0.05, 0.1) is 16.7 Å². The van der Waals surface area contributed by atoms with Gasteiger partial charge in [-0.15, -0.1) is 0 Å². The molecule has 5 aromatic heterocycles. The highest BCUT2D eigenvalue weighted by Crippen LogP contribution is 2.33. The minimum Gasteiger partial charge on any atom is -0.336 e. The summed E-state index contributed by atoms with van der Waals surface area (Å²) in [5.41, 5.74) is 6.47. The van der Waals surface area contributed by atoms with Crippen LogP contribution >= 0.6 is 0 Å². The summed E-state index contributed by atoms with van der Waals surface area (Å²) in [6.07, 6.45) is 9.49. The molecule has 0 radical (unpaired) electrons. The summed E-state index contributed by atoms with van der Waals surface area (Å²) in [5.74, 6) is 0.249. The largest absolute Gasteiger partial charge is 0.336 e. The summed E-state index contributed by atoms with van der Waals surface area (Å²) < 4.78 is 15.2. The lowest BCUT2D eigenvalue weighted by Crippen LogP contribution is -2.18. The second-order valence-corrected chi connectivity index (χ2v) is 9.37. The number of aromatic nitrogens is 7. The van der Waals surface area contributed by atoms with E-state index in [0.29, 0.717) is 33.8 Å². The number of nitrogens with zero attached hydrogens (tertiary/aromatic N) is 6. The van der Waals surface area contributed by atoms with Crippen molar-refractivity contribution in [1.29, 1.82) is 0 Å². The van der Waals surface area contributed by atoms with E-state index in [9.17, 15) is 0 Å². The van der Waals surface area contributed by atoms with Crippen molar-refractivity contribution in [1.82, 2.24) is 40.0 Å². The van der Waals surface area contributed by atoms with Crippen molar-refractivity contribution in [3.8, 4) is 34.0 Å². The van der Waals surface area contributed by atoms with Gasteiger partial charge in [-0.2, -0.15) is 5.10 Å². The first-order valence-corrected chi connectivity index (χ1v) is 12.3. The molecule has 1 aliphatic heterocycles. The average Bonchev–Trinajstić information content (AvgIpc) is 3.68. The number of pyridine rings is 3. The molecule has 2 N–H and O–H groups in total. The number of hydrogen-bond acceptors (Lipinski definition) is 6. The van der Waals surface area contributed by atoms with Gasteiger partial charge in [0.1, 0.15) is 22.7 Å². The quantitative estimate of drug-likeness (QED) is 0.338. The lowest BCUT2D eigenvalue weighted by atomic mass is 10.0. The van der Waals surface area contributed by atoms with Gasteiger partial charge < -0.3 is 4.98 Å². The second kappa shape index (κ2) is 8.86. The van der Waals surface area contributed by atoms with Crippen LogP contribution in [0.1, 0.15) is 18.4 Å². The van der Waals surface area contributed by atoms with E-state index in [-0.39, 0.29) is 5.82 Å². The van der Waals surface area contributed by atoms with Crippen LogP contribution in [-0.4, -0.2) is 53.1 Å². The highest BCUT2D eigenvalue weighted by Gasteiger charge is 2.19. The van der Waals surface area contributed by atoms with E-state index < -0.39 is 0 Å². The molecule has 1 aliphatic rings. The summed E-state index contributed by atoms with van der Waals surface area (Å²) in [7, 11) is 0. The number of aromatic amines is 2. The van der Waals surface area contributed by atoms with Crippen LogP contribution in [0.2, 0.25) is 0 Å². The lowest BCUT2D eigenvalue weighted by Gasteiger charge is -2.15. The van der Waals surface area contributed by atoms with Gasteiger partial charge in [-0.3, -0.25) is 25.0 Å². The van der Waals surface area contributed by atoms with Gasteiger partial charge in [-0.25, -0.2) is 9.37 Å². The molecule has 37 heavy (non-hydrogen) atoms. The van der Waals surface area contributed by atoms with Gasteiger partial charge >= 0.3 is 0 Å². The molecule has 182 valence electrons. The molecule has 0 unspecified atom stereocenters. The molecule has 0 atom stereocenters. The van der Waals surface area contributed by atoms with Crippen LogP contribution in [0.15, 0.2) is 67.3 Å². The molecular weight excluding hydrogens is 467 g/mol. The predicted octanol–water partition coefficient (Wildman–Crippen LogP) is 5.36. The van der Waals surface area contributed by atoms with Gasteiger partial charge in [-0.05, 0) is 61.8 Å². The number of benzene rings is 1. The third-order valence-electron chi connectivity index (χ3n) is 6.89. The highest BCUT2D eigenvalue weighted by atomic mass is 19.1. The van der Waals surface area contributed by atoms with E-state index in [4.69, 9.17) is 4.98 Å². The number of imidazole rings is 1. The number of rotatable bonds is 5. The van der Waals surface area contributed by atoms with E-state index in [1.54, 1.807) is 18.6 Å². The summed E-state index contributed by atoms with van der Waals surface area (Å²) in [5, 5.41) is 8.21. The van der Waals surface area contributed by atoms with Crippen LogP contribution in [-0.2, 0) is 6.54 Å². The molecule has 0 amide bonds. The van der Waals surface area contributed by atoms with Crippen molar-refractivity contribution in [3.63, 3.8) is 0 Å². The van der Waals surface area contributed by atoms with Crippen molar-refractivity contribution in [3.05, 3.63) is 78.6 Å². The number of hydrogen-bond donors (Lipinski definition) is 2. The van der Waals surface area contributed by atoms with E-state index in [2.05, 4.69) is 35.0 Å². The minimum atomic E-state index is -0.325. The van der Waals surface area contributed by atoms with E-state index in [1.165, 1.54) is 18.9 Å². The molecule has 0 spiro atoms. The first kappa shape index (κ1) is 21.8. The topological polar surface area (TPSA) is 99.3 Å². The molecule has 0 aliphatic carbocycles. The summed E-state index contributed by atoms with van der Waals surface area (Å²) in [6.45, 7) is 3.02. The molecule has 8 nitrogen and oxygen atoms in total. The van der Waals surface area contributed by atoms with Crippen molar-refractivity contribution >= 4 is 21.9 Å². The highest BCUT2D eigenvalue weighted by molar-refractivity contribution is 5.97. The number of H-pyrrole nitrogens is 2. The molecule has 6 aromatic rings. The maximum absolute atomic E-state index is 15.2. The molecule has 0 bridgehead atoms. The SMILES string of the molecule is Fc1cc2[nH]nc(-c3nc4c(-c5ccccn5)nccc4[nH]3)c2cc1-c1cncc(CN2CCCC2)c1. The zero-order chi connectivity index (χ0) is 24.8. The van der Waals surface area contributed by atoms with Gasteiger partial charge in [0.25, 0.3) is 0 Å². The van der Waals surface area contributed by atoms with Crippen LogP contribution in [0.5, 0.6) is 0 Å². The predicted molar refractivity (Wildman–Crippen MR) is 140 cm³/mol. The second-order valence-electron chi connectivity index (χ2n) is 9.37. The maximum Gasteiger partial charge on any atom is 0.159 e. The summed E-state index contributed by atoms with van der Waals surface area (Å²) in [6, 6.07) is 12.9. The van der Waals surface area contributed by atoms with E-state index in [1.807, 2.05) is 42.6 Å². The summed E-state index contributed by atoms with van der Waals surface area (Å²) >= 11 is 0. The Balaban J connectivity index is 1.31. The van der Waals surface area contributed by atoms with Crippen LogP contribution < -0.4 is 0 Å². The summed E-state index contributed by atoms with van der Waals surface area (Å²) in [4.78, 5) is 23.9. The Hall–Kier alpha value is -4.50. The Kier molecular flexibility index (Phi) is 5.21. The van der Waals surface area contributed by atoms with Crippen molar-refractivity contribution in [2.75, 3.05) is 13.1 Å². The average molecular weight is 491 g/mol. The van der Waals surface area contributed by atoms with E-state index >= 15 is 4.39 Å². The number of fused-ring (bicyclic) bond motifs is 2. The van der Waals surface area contributed by atoms with Crippen molar-refractivity contribution in [2.24, 2.45) is 0 Å². The van der Waals surface area contributed by atoms with E-state index in [0.717, 1.165) is 47.4 Å². The van der Waals surface area contributed by atoms with Crippen molar-refractivity contribution < 1.29 is 4.39 Å². The number of nitrogens with one attached hydrogen (secondary N) is 2. The first-order valence-electron chi connectivity index (χ1n) is 12.3. The number of likely N-dealkylation sites (tertiary alicyclic amines) is 1. The molecule has 1 saturated heterocycles. The monoisotopic (exact) mass is 490 g/mol. The minimum absolute atomic E-state index is 0.325. The fraction of sp³-hybridized carbons (Fsp3) is 0.179. The molecule has 9 heteroatoms. The molecule has 0 saturated carbocycles. The molecule has 7 rings (SSSR count). The molecular formula is C28H23FN8. The Morgan fingerprint density at radius 2 is 1.84 bits per heavy atom. The standard InChI is InChI=1S/C28H23FN8/c29-21-13-24-20(12-19(21)18-11-17(14-30-15-18)16-37-9-3-4-10-37)25(36-35-24)28-33-23-6-8-32-26(27(23)34-28)22-5-1-2-7-31-22/h1-2,5-8,11-15H,3-4,9-10,16H2,(H,33,34)(H,35,36). The third-order valence-corrected chi connectivity index (χ3v) is 6.89.